The number of aliphatic carboxylic acids is 1. The number of anilines is 1. The van der Waals surface area contributed by atoms with Crippen LogP contribution in [0, 0.1) is 18.8 Å². The number of carboxylic acid groups (broad SMARTS) is 1. The van der Waals surface area contributed by atoms with Crippen LogP contribution in [0.2, 0.25) is 0 Å². The van der Waals surface area contributed by atoms with Crippen molar-refractivity contribution in [2.75, 3.05) is 5.32 Å². The van der Waals surface area contributed by atoms with Crippen LogP contribution in [0.1, 0.15) is 38.7 Å². The van der Waals surface area contributed by atoms with Gasteiger partial charge in [0.1, 0.15) is 5.54 Å². The van der Waals surface area contributed by atoms with Gasteiger partial charge in [0, 0.05) is 5.69 Å². The van der Waals surface area contributed by atoms with Gasteiger partial charge in [0.25, 0.3) is 0 Å². The molecule has 1 aromatic carbocycles. The van der Waals surface area contributed by atoms with Gasteiger partial charge in [0.15, 0.2) is 0 Å². The fraction of sp³-hybridized carbons (Fsp3) is 0.562. The summed E-state index contributed by atoms with van der Waals surface area (Å²) in [5.74, 6) is 0.155. The first-order valence-electron chi connectivity index (χ1n) is 6.99. The summed E-state index contributed by atoms with van der Waals surface area (Å²) in [5.41, 5.74) is 1.27. The lowest BCUT2D eigenvalue weighted by atomic mass is 9.71. The van der Waals surface area contributed by atoms with Gasteiger partial charge in [-0.05, 0) is 50.2 Å². The van der Waals surface area contributed by atoms with Gasteiger partial charge in [0.05, 0.1) is 0 Å². The third kappa shape index (κ3) is 3.09. The molecule has 0 saturated heterocycles. The Labute approximate surface area is 115 Å². The molecule has 1 saturated carbocycles. The summed E-state index contributed by atoms with van der Waals surface area (Å²) in [6.07, 6.45) is 2.51. The summed E-state index contributed by atoms with van der Waals surface area (Å²) in [6, 6.07) is 7.94. The largest absolute Gasteiger partial charge is 0.480 e. The van der Waals surface area contributed by atoms with Crippen LogP contribution in [0.3, 0.4) is 0 Å². The second kappa shape index (κ2) is 5.24. The lowest BCUT2D eigenvalue weighted by Gasteiger charge is -2.40. The van der Waals surface area contributed by atoms with Gasteiger partial charge in [-0.2, -0.15) is 0 Å². The van der Waals surface area contributed by atoms with Crippen LogP contribution in [0.4, 0.5) is 5.69 Å². The van der Waals surface area contributed by atoms with E-state index in [-0.39, 0.29) is 0 Å². The SMILES string of the molecule is Cc1ccc(NC2(C(=O)O)CC(C)CC(C)C2)cc1. The van der Waals surface area contributed by atoms with Crippen LogP contribution in [0.25, 0.3) is 0 Å². The zero-order valence-electron chi connectivity index (χ0n) is 11.9. The van der Waals surface area contributed by atoms with Crippen molar-refractivity contribution in [3.8, 4) is 0 Å². The Morgan fingerprint density at radius 2 is 1.74 bits per heavy atom. The van der Waals surface area contributed by atoms with Crippen LogP contribution in [0.5, 0.6) is 0 Å². The molecule has 104 valence electrons. The molecule has 0 aliphatic heterocycles. The van der Waals surface area contributed by atoms with Crippen LogP contribution < -0.4 is 5.32 Å². The molecule has 0 spiro atoms. The van der Waals surface area contributed by atoms with E-state index in [0.29, 0.717) is 24.7 Å². The highest BCUT2D eigenvalue weighted by molar-refractivity contribution is 5.83. The van der Waals surface area contributed by atoms with Gasteiger partial charge in [-0.15, -0.1) is 0 Å². The summed E-state index contributed by atoms with van der Waals surface area (Å²) < 4.78 is 0. The number of carboxylic acids is 1. The number of rotatable bonds is 3. The molecule has 3 nitrogen and oxygen atoms in total. The van der Waals surface area contributed by atoms with Crippen molar-refractivity contribution in [2.45, 2.75) is 45.6 Å². The first-order chi connectivity index (χ1) is 8.91. The number of hydrogen-bond acceptors (Lipinski definition) is 2. The van der Waals surface area contributed by atoms with Crippen molar-refractivity contribution in [3.05, 3.63) is 29.8 Å². The fourth-order valence-corrected chi connectivity index (χ4v) is 3.37. The molecule has 1 fully saturated rings. The summed E-state index contributed by atoms with van der Waals surface area (Å²) in [6.45, 7) is 6.32. The monoisotopic (exact) mass is 261 g/mol. The average molecular weight is 261 g/mol. The summed E-state index contributed by atoms with van der Waals surface area (Å²) in [7, 11) is 0. The molecule has 0 radical (unpaired) electrons. The molecule has 0 heterocycles. The molecule has 2 atom stereocenters. The van der Waals surface area contributed by atoms with Crippen molar-refractivity contribution >= 4 is 11.7 Å². The molecule has 2 N–H and O–H groups in total. The maximum Gasteiger partial charge on any atom is 0.329 e. The lowest BCUT2D eigenvalue weighted by Crippen LogP contribution is -2.51. The van der Waals surface area contributed by atoms with Crippen molar-refractivity contribution in [3.63, 3.8) is 0 Å². The lowest BCUT2D eigenvalue weighted by molar-refractivity contribution is -0.144. The topological polar surface area (TPSA) is 49.3 Å². The minimum absolute atomic E-state index is 0.442. The molecule has 2 unspecified atom stereocenters. The van der Waals surface area contributed by atoms with Crippen LogP contribution >= 0.6 is 0 Å². The highest BCUT2D eigenvalue weighted by Gasteiger charge is 2.44. The van der Waals surface area contributed by atoms with Crippen molar-refractivity contribution in [2.24, 2.45) is 11.8 Å². The Balaban J connectivity index is 2.24. The first-order valence-corrected chi connectivity index (χ1v) is 6.99. The maximum absolute atomic E-state index is 11.8. The highest BCUT2D eigenvalue weighted by atomic mass is 16.4. The Morgan fingerprint density at radius 3 is 2.21 bits per heavy atom. The van der Waals surface area contributed by atoms with Crippen molar-refractivity contribution in [1.29, 1.82) is 0 Å². The number of carbonyl (C=O) groups is 1. The Bertz CT molecular complexity index is 442. The van der Waals surface area contributed by atoms with Crippen molar-refractivity contribution < 1.29 is 9.90 Å². The Kier molecular flexibility index (Phi) is 3.83. The number of benzene rings is 1. The maximum atomic E-state index is 11.8. The third-order valence-corrected chi connectivity index (χ3v) is 4.04. The van der Waals surface area contributed by atoms with E-state index in [1.165, 1.54) is 5.56 Å². The molecule has 0 bridgehead atoms. The third-order valence-electron chi connectivity index (χ3n) is 4.04. The quantitative estimate of drug-likeness (QED) is 0.872. The van der Waals surface area contributed by atoms with E-state index >= 15 is 0 Å². The van der Waals surface area contributed by atoms with Gasteiger partial charge in [0.2, 0.25) is 0 Å². The average Bonchev–Trinajstić information content (AvgIpc) is 2.30. The van der Waals surface area contributed by atoms with E-state index in [1.54, 1.807) is 0 Å². The van der Waals surface area contributed by atoms with E-state index in [0.717, 1.165) is 12.1 Å². The van der Waals surface area contributed by atoms with Gasteiger partial charge in [-0.25, -0.2) is 4.79 Å². The first kappa shape index (κ1) is 13.9. The zero-order chi connectivity index (χ0) is 14.0. The second-order valence-corrected chi connectivity index (χ2v) is 6.23. The molecular formula is C16H23NO2. The Morgan fingerprint density at radius 1 is 1.21 bits per heavy atom. The Hall–Kier alpha value is -1.51. The van der Waals surface area contributed by atoms with E-state index in [2.05, 4.69) is 19.2 Å². The predicted molar refractivity (Wildman–Crippen MR) is 77.3 cm³/mol. The molecule has 3 heteroatoms. The predicted octanol–water partition coefficient (Wildman–Crippen LogP) is 3.69. The minimum atomic E-state index is -0.813. The molecule has 1 aromatic rings. The van der Waals surface area contributed by atoms with Gasteiger partial charge in [-0.3, -0.25) is 0 Å². The van der Waals surface area contributed by atoms with Crippen LogP contribution in [0.15, 0.2) is 24.3 Å². The van der Waals surface area contributed by atoms with Gasteiger partial charge in [-0.1, -0.05) is 31.5 Å². The summed E-state index contributed by atoms with van der Waals surface area (Å²) >= 11 is 0. The van der Waals surface area contributed by atoms with Gasteiger partial charge < -0.3 is 10.4 Å². The summed E-state index contributed by atoms with van der Waals surface area (Å²) in [4.78, 5) is 11.8. The normalized spacial score (nSPS) is 30.9. The molecular weight excluding hydrogens is 238 g/mol. The molecule has 0 amide bonds. The fourth-order valence-electron chi connectivity index (χ4n) is 3.37. The standard InChI is InChI=1S/C16H23NO2/c1-11-4-6-14(7-5-11)17-16(15(18)19)9-12(2)8-13(3)10-16/h4-7,12-13,17H,8-10H2,1-3H3,(H,18,19). The smallest absolute Gasteiger partial charge is 0.329 e. The van der Waals surface area contributed by atoms with E-state index in [1.807, 2.05) is 31.2 Å². The second-order valence-electron chi connectivity index (χ2n) is 6.23. The zero-order valence-corrected chi connectivity index (χ0v) is 11.9. The molecule has 0 aromatic heterocycles. The number of aryl methyl sites for hydroxylation is 1. The van der Waals surface area contributed by atoms with Crippen molar-refractivity contribution in [1.82, 2.24) is 0 Å². The van der Waals surface area contributed by atoms with E-state index < -0.39 is 11.5 Å². The van der Waals surface area contributed by atoms with Gasteiger partial charge >= 0.3 is 5.97 Å². The van der Waals surface area contributed by atoms with Crippen LogP contribution in [-0.4, -0.2) is 16.6 Å². The van der Waals surface area contributed by atoms with E-state index in [9.17, 15) is 9.90 Å². The summed E-state index contributed by atoms with van der Waals surface area (Å²) in [5, 5.41) is 13.0. The number of nitrogens with one attached hydrogen (secondary N) is 1. The highest BCUT2D eigenvalue weighted by Crippen LogP contribution is 2.38. The molecule has 19 heavy (non-hydrogen) atoms. The number of hydrogen-bond donors (Lipinski definition) is 2. The molecule has 1 aliphatic carbocycles. The molecule has 1 aliphatic rings. The minimum Gasteiger partial charge on any atom is -0.480 e. The van der Waals surface area contributed by atoms with E-state index in [4.69, 9.17) is 0 Å². The van der Waals surface area contributed by atoms with Crippen LogP contribution in [-0.2, 0) is 4.79 Å². The molecule has 2 rings (SSSR count).